The first-order chi connectivity index (χ1) is 18.6. The minimum Gasteiger partial charge on any atom is -0.494 e. The van der Waals surface area contributed by atoms with E-state index in [0.717, 1.165) is 5.56 Å². The molecule has 39 heavy (non-hydrogen) atoms. The van der Waals surface area contributed by atoms with Gasteiger partial charge < -0.3 is 31.5 Å². The van der Waals surface area contributed by atoms with Crippen molar-refractivity contribution >= 4 is 46.6 Å². The van der Waals surface area contributed by atoms with Gasteiger partial charge in [0, 0.05) is 24.4 Å². The first-order valence-corrected chi connectivity index (χ1v) is 12.1. The summed E-state index contributed by atoms with van der Waals surface area (Å²) in [4.78, 5) is 49.7. The van der Waals surface area contributed by atoms with Crippen LogP contribution in [0.2, 0.25) is 0 Å². The summed E-state index contributed by atoms with van der Waals surface area (Å²) in [5.41, 5.74) is 8.87. The second-order valence-electron chi connectivity index (χ2n) is 8.65. The number of benzene rings is 3. The number of ether oxygens (including phenoxy) is 1. The largest absolute Gasteiger partial charge is 0.494 e. The summed E-state index contributed by atoms with van der Waals surface area (Å²) in [6.07, 6.45) is -0.329. The van der Waals surface area contributed by atoms with Crippen molar-refractivity contribution in [2.75, 3.05) is 29.2 Å². The number of carboxylic acid groups (broad SMARTS) is 1. The fourth-order valence-corrected chi connectivity index (χ4v) is 3.96. The Kier molecular flexibility index (Phi) is 9.60. The van der Waals surface area contributed by atoms with Crippen LogP contribution in [-0.4, -0.2) is 42.6 Å². The number of amides is 4. The minimum absolute atomic E-state index is 0.271. The number of hydrogen-bond donors (Lipinski definition) is 5. The van der Waals surface area contributed by atoms with Crippen LogP contribution < -0.4 is 31.3 Å². The summed E-state index contributed by atoms with van der Waals surface area (Å²) in [7, 11) is 1.45. The molecule has 0 aliphatic heterocycles. The zero-order valence-corrected chi connectivity index (χ0v) is 21.9. The number of nitrogens with two attached hydrogens (primary N) is 1. The van der Waals surface area contributed by atoms with Crippen LogP contribution in [0.4, 0.5) is 27.5 Å². The molecule has 0 fully saturated rings. The summed E-state index contributed by atoms with van der Waals surface area (Å²) in [5, 5.41) is 17.4. The molecule has 3 aromatic carbocycles. The van der Waals surface area contributed by atoms with Crippen molar-refractivity contribution < 1.29 is 29.0 Å². The summed E-state index contributed by atoms with van der Waals surface area (Å²) in [5.74, 6) is -1.52. The molecule has 4 amide bonds. The van der Waals surface area contributed by atoms with Crippen molar-refractivity contribution in [3.05, 3.63) is 77.9 Å². The van der Waals surface area contributed by atoms with E-state index in [1.807, 2.05) is 25.1 Å². The molecule has 0 aromatic heterocycles. The van der Waals surface area contributed by atoms with Gasteiger partial charge >= 0.3 is 12.0 Å². The van der Waals surface area contributed by atoms with Gasteiger partial charge in [0.2, 0.25) is 11.8 Å². The highest BCUT2D eigenvalue weighted by molar-refractivity contribution is 6.03. The number of hydrogen-bond acceptors (Lipinski definition) is 6. The standard InChI is InChI=1S/C28H31N5O6/c1-17-6-4-5-7-22(17)31-28(38)32-23-13-12-21(14-25(23)39-3)33(18(2)34)20-10-8-19(9-11-20)24(15-27(36)37)30-26(35)16-29/h4-14,24H,15-16,29H2,1-3H3,(H,30,35)(H,36,37)(H2,31,32,38)/t24-/m1/s1. The number of aliphatic carboxylic acids is 1. The van der Waals surface area contributed by atoms with Crippen LogP contribution >= 0.6 is 0 Å². The Bertz CT molecular complexity index is 1360. The molecule has 0 saturated heterocycles. The van der Waals surface area contributed by atoms with Crippen molar-refractivity contribution in [1.82, 2.24) is 5.32 Å². The average Bonchev–Trinajstić information content (AvgIpc) is 2.90. The fraction of sp³-hybridized carbons (Fsp3) is 0.214. The summed E-state index contributed by atoms with van der Waals surface area (Å²) < 4.78 is 5.48. The molecular formula is C28H31N5O6. The Hall–Kier alpha value is -4.90. The van der Waals surface area contributed by atoms with Gasteiger partial charge in [0.05, 0.1) is 37.5 Å². The number of para-hydroxylation sites is 1. The van der Waals surface area contributed by atoms with Gasteiger partial charge in [-0.05, 0) is 48.4 Å². The van der Waals surface area contributed by atoms with Gasteiger partial charge in [-0.25, -0.2) is 4.79 Å². The van der Waals surface area contributed by atoms with Crippen molar-refractivity contribution in [3.8, 4) is 5.75 Å². The maximum absolute atomic E-state index is 12.6. The second-order valence-corrected chi connectivity index (χ2v) is 8.65. The Labute approximate surface area is 225 Å². The number of nitrogens with zero attached hydrogens (tertiary/aromatic N) is 1. The Morgan fingerprint density at radius 1 is 0.949 bits per heavy atom. The van der Waals surface area contributed by atoms with Crippen LogP contribution in [-0.2, 0) is 14.4 Å². The number of carbonyl (C=O) groups is 4. The molecule has 0 unspecified atom stereocenters. The normalized spacial score (nSPS) is 11.2. The van der Waals surface area contributed by atoms with Crippen LogP contribution in [0.15, 0.2) is 66.7 Å². The van der Waals surface area contributed by atoms with Crippen molar-refractivity contribution in [3.63, 3.8) is 0 Å². The second kappa shape index (κ2) is 13.1. The van der Waals surface area contributed by atoms with E-state index in [2.05, 4.69) is 16.0 Å². The lowest BCUT2D eigenvalue weighted by atomic mass is 10.0. The monoisotopic (exact) mass is 533 g/mol. The Balaban J connectivity index is 1.84. The molecule has 0 spiro atoms. The molecule has 3 rings (SSSR count). The zero-order valence-electron chi connectivity index (χ0n) is 21.9. The number of anilines is 4. The summed E-state index contributed by atoms with van der Waals surface area (Å²) >= 11 is 0. The van der Waals surface area contributed by atoms with Gasteiger partial charge in [0.1, 0.15) is 5.75 Å². The van der Waals surface area contributed by atoms with E-state index in [4.69, 9.17) is 10.5 Å². The first kappa shape index (κ1) is 28.7. The molecule has 0 aliphatic carbocycles. The number of carboxylic acids is 1. The van der Waals surface area contributed by atoms with Crippen molar-refractivity contribution in [2.24, 2.45) is 5.73 Å². The van der Waals surface area contributed by atoms with Crippen molar-refractivity contribution in [1.29, 1.82) is 0 Å². The number of rotatable bonds is 10. The first-order valence-electron chi connectivity index (χ1n) is 12.1. The highest BCUT2D eigenvalue weighted by atomic mass is 16.5. The lowest BCUT2D eigenvalue weighted by Crippen LogP contribution is -2.34. The van der Waals surface area contributed by atoms with Gasteiger partial charge in [0.15, 0.2) is 0 Å². The smallest absolute Gasteiger partial charge is 0.323 e. The SMILES string of the molecule is COc1cc(N(C(C)=O)c2ccc([C@@H](CC(=O)O)NC(=O)CN)cc2)ccc1NC(=O)Nc1ccccc1C. The predicted molar refractivity (Wildman–Crippen MR) is 148 cm³/mol. The minimum atomic E-state index is -1.08. The highest BCUT2D eigenvalue weighted by Gasteiger charge is 2.20. The Morgan fingerprint density at radius 2 is 1.59 bits per heavy atom. The van der Waals surface area contributed by atoms with Gasteiger partial charge in [-0.3, -0.25) is 19.3 Å². The van der Waals surface area contributed by atoms with E-state index in [1.165, 1.54) is 18.9 Å². The molecule has 11 nitrogen and oxygen atoms in total. The van der Waals surface area contributed by atoms with Crippen LogP contribution in [0.1, 0.15) is 30.5 Å². The molecule has 6 N–H and O–H groups in total. The molecule has 204 valence electrons. The third kappa shape index (κ3) is 7.55. The van der Waals surface area contributed by atoms with Gasteiger partial charge in [-0.15, -0.1) is 0 Å². The summed E-state index contributed by atoms with van der Waals surface area (Å²) in [6.45, 7) is 3.01. The van der Waals surface area contributed by atoms with E-state index in [0.29, 0.717) is 34.1 Å². The molecular weight excluding hydrogens is 502 g/mol. The molecule has 3 aromatic rings. The molecule has 11 heteroatoms. The summed E-state index contributed by atoms with van der Waals surface area (Å²) in [6, 6.07) is 17.6. The number of aryl methyl sites for hydroxylation is 1. The quantitative estimate of drug-likeness (QED) is 0.264. The molecule has 0 bridgehead atoms. The van der Waals surface area contributed by atoms with Gasteiger partial charge in [-0.1, -0.05) is 30.3 Å². The van der Waals surface area contributed by atoms with E-state index in [9.17, 15) is 24.3 Å². The van der Waals surface area contributed by atoms with Gasteiger partial charge in [-0.2, -0.15) is 0 Å². The fourth-order valence-electron chi connectivity index (χ4n) is 3.96. The number of urea groups is 1. The number of methoxy groups -OCH3 is 1. The lowest BCUT2D eigenvalue weighted by Gasteiger charge is -2.24. The third-order valence-corrected chi connectivity index (χ3v) is 5.85. The highest BCUT2D eigenvalue weighted by Crippen LogP contribution is 2.34. The molecule has 0 aliphatic rings. The predicted octanol–water partition coefficient (Wildman–Crippen LogP) is 3.92. The van der Waals surface area contributed by atoms with Crippen LogP contribution in [0.5, 0.6) is 5.75 Å². The molecule has 0 heterocycles. The van der Waals surface area contributed by atoms with E-state index in [1.54, 1.807) is 48.5 Å². The van der Waals surface area contributed by atoms with Crippen LogP contribution in [0.25, 0.3) is 0 Å². The Morgan fingerprint density at radius 3 is 2.18 bits per heavy atom. The molecule has 0 radical (unpaired) electrons. The van der Waals surface area contributed by atoms with Crippen LogP contribution in [0, 0.1) is 6.92 Å². The average molecular weight is 534 g/mol. The van der Waals surface area contributed by atoms with Crippen molar-refractivity contribution in [2.45, 2.75) is 26.3 Å². The maximum Gasteiger partial charge on any atom is 0.323 e. The molecule has 1 atom stereocenters. The topological polar surface area (TPSA) is 163 Å². The van der Waals surface area contributed by atoms with Gasteiger partial charge in [0.25, 0.3) is 0 Å². The van der Waals surface area contributed by atoms with E-state index < -0.39 is 23.9 Å². The maximum atomic E-state index is 12.6. The van der Waals surface area contributed by atoms with E-state index in [-0.39, 0.29) is 18.9 Å². The zero-order chi connectivity index (χ0) is 28.5. The lowest BCUT2D eigenvalue weighted by molar-refractivity contribution is -0.137. The third-order valence-electron chi connectivity index (χ3n) is 5.85. The molecule has 0 saturated carbocycles. The number of carbonyl (C=O) groups excluding carboxylic acids is 3. The number of nitrogens with one attached hydrogen (secondary N) is 3. The van der Waals surface area contributed by atoms with Crippen LogP contribution in [0.3, 0.4) is 0 Å². The van der Waals surface area contributed by atoms with E-state index >= 15 is 0 Å².